The van der Waals surface area contributed by atoms with Gasteiger partial charge in [-0.15, -0.1) is 0 Å². The first-order chi connectivity index (χ1) is 6.56. The molecule has 0 heterocycles. The van der Waals surface area contributed by atoms with Crippen molar-refractivity contribution >= 4 is 5.69 Å². The summed E-state index contributed by atoms with van der Waals surface area (Å²) >= 11 is 0. The van der Waals surface area contributed by atoms with E-state index in [-0.39, 0.29) is 6.04 Å². The van der Waals surface area contributed by atoms with Gasteiger partial charge in [0.05, 0.1) is 6.10 Å². The molecule has 3 nitrogen and oxygen atoms in total. The third-order valence-electron chi connectivity index (χ3n) is 2.44. The topological polar surface area (TPSA) is 72.3 Å². The average Bonchev–Trinajstić information content (AvgIpc) is 2.19. The van der Waals surface area contributed by atoms with Crippen LogP contribution in [0.25, 0.3) is 0 Å². The summed E-state index contributed by atoms with van der Waals surface area (Å²) < 4.78 is 0. The second kappa shape index (κ2) is 4.44. The van der Waals surface area contributed by atoms with Gasteiger partial charge >= 0.3 is 0 Å². The minimum absolute atomic E-state index is 0.251. The quantitative estimate of drug-likeness (QED) is 0.636. The SMILES string of the molecule is CC[C@@H](N)[C@@H](O)c1cc(C)ccc1N. The standard InChI is InChI=1S/C11H18N2O/c1-3-9(12)11(14)8-6-7(2)4-5-10(8)13/h4-6,9,11,14H,3,12-13H2,1-2H3/t9-,11+/m1/s1. The predicted octanol–water partition coefficient (Wildman–Crippen LogP) is 1.35. The molecule has 0 aromatic heterocycles. The molecule has 1 rings (SSSR count). The van der Waals surface area contributed by atoms with Gasteiger partial charge in [0.1, 0.15) is 0 Å². The van der Waals surface area contributed by atoms with Crippen molar-refractivity contribution in [2.24, 2.45) is 5.73 Å². The number of hydrogen-bond acceptors (Lipinski definition) is 3. The van der Waals surface area contributed by atoms with Crippen molar-refractivity contribution in [2.45, 2.75) is 32.4 Å². The van der Waals surface area contributed by atoms with E-state index in [1.807, 2.05) is 26.0 Å². The van der Waals surface area contributed by atoms with Crippen LogP contribution in [0.3, 0.4) is 0 Å². The number of rotatable bonds is 3. The Morgan fingerprint density at radius 1 is 1.43 bits per heavy atom. The van der Waals surface area contributed by atoms with Crippen LogP contribution >= 0.6 is 0 Å². The highest BCUT2D eigenvalue weighted by molar-refractivity contribution is 5.50. The summed E-state index contributed by atoms with van der Waals surface area (Å²) in [5.41, 5.74) is 13.9. The Balaban J connectivity index is 2.99. The largest absolute Gasteiger partial charge is 0.398 e. The van der Waals surface area contributed by atoms with E-state index in [0.29, 0.717) is 5.69 Å². The maximum absolute atomic E-state index is 9.89. The molecule has 0 fully saturated rings. The Morgan fingerprint density at radius 3 is 2.64 bits per heavy atom. The molecule has 5 N–H and O–H groups in total. The second-order valence-electron chi connectivity index (χ2n) is 3.65. The summed E-state index contributed by atoms with van der Waals surface area (Å²) in [5.74, 6) is 0. The van der Waals surface area contributed by atoms with E-state index in [9.17, 15) is 5.11 Å². The average molecular weight is 194 g/mol. The summed E-state index contributed by atoms with van der Waals surface area (Å²) in [6.07, 6.45) is 0.0639. The molecule has 0 aliphatic heterocycles. The molecule has 1 aromatic carbocycles. The molecule has 0 saturated heterocycles. The van der Waals surface area contributed by atoms with Crippen molar-refractivity contribution in [3.05, 3.63) is 29.3 Å². The van der Waals surface area contributed by atoms with Gasteiger partial charge in [0, 0.05) is 17.3 Å². The van der Waals surface area contributed by atoms with Crippen LogP contribution in [-0.2, 0) is 0 Å². The molecule has 0 saturated carbocycles. The number of hydrogen-bond donors (Lipinski definition) is 3. The first-order valence-electron chi connectivity index (χ1n) is 4.86. The fourth-order valence-corrected chi connectivity index (χ4v) is 1.40. The van der Waals surface area contributed by atoms with Gasteiger partial charge in [-0.3, -0.25) is 0 Å². The number of nitrogens with two attached hydrogens (primary N) is 2. The molecule has 1 aromatic rings. The van der Waals surface area contributed by atoms with Gasteiger partial charge < -0.3 is 16.6 Å². The van der Waals surface area contributed by atoms with Crippen molar-refractivity contribution in [1.82, 2.24) is 0 Å². The van der Waals surface area contributed by atoms with Crippen LogP contribution in [0.4, 0.5) is 5.69 Å². The maximum atomic E-state index is 9.89. The summed E-state index contributed by atoms with van der Waals surface area (Å²) in [6.45, 7) is 3.91. The highest BCUT2D eigenvalue weighted by Crippen LogP contribution is 2.24. The van der Waals surface area contributed by atoms with E-state index in [0.717, 1.165) is 17.5 Å². The highest BCUT2D eigenvalue weighted by Gasteiger charge is 2.17. The molecule has 78 valence electrons. The Morgan fingerprint density at radius 2 is 2.07 bits per heavy atom. The van der Waals surface area contributed by atoms with Crippen LogP contribution in [0.1, 0.15) is 30.6 Å². The molecule has 14 heavy (non-hydrogen) atoms. The van der Waals surface area contributed by atoms with Gasteiger partial charge in [0.25, 0.3) is 0 Å². The molecule has 0 spiro atoms. The van der Waals surface area contributed by atoms with Crippen molar-refractivity contribution in [3.8, 4) is 0 Å². The third kappa shape index (κ3) is 2.25. The Hall–Kier alpha value is -1.06. The lowest BCUT2D eigenvalue weighted by atomic mass is 9.98. The van der Waals surface area contributed by atoms with Crippen molar-refractivity contribution in [2.75, 3.05) is 5.73 Å². The first kappa shape index (κ1) is 11.0. The number of anilines is 1. The number of benzene rings is 1. The van der Waals surface area contributed by atoms with Crippen LogP contribution in [-0.4, -0.2) is 11.1 Å². The summed E-state index contributed by atoms with van der Waals surface area (Å²) in [6, 6.07) is 5.36. The zero-order chi connectivity index (χ0) is 10.7. The molecule has 0 unspecified atom stereocenters. The van der Waals surface area contributed by atoms with E-state index < -0.39 is 6.10 Å². The summed E-state index contributed by atoms with van der Waals surface area (Å²) in [7, 11) is 0. The minimum atomic E-state index is -0.667. The molecule has 0 aliphatic rings. The minimum Gasteiger partial charge on any atom is -0.398 e. The highest BCUT2D eigenvalue weighted by atomic mass is 16.3. The van der Waals surface area contributed by atoms with Crippen molar-refractivity contribution in [3.63, 3.8) is 0 Å². The number of aryl methyl sites for hydroxylation is 1. The number of aliphatic hydroxyl groups excluding tert-OH is 1. The van der Waals surface area contributed by atoms with Crippen molar-refractivity contribution < 1.29 is 5.11 Å². The van der Waals surface area contributed by atoms with Crippen LogP contribution in [0, 0.1) is 6.92 Å². The fourth-order valence-electron chi connectivity index (χ4n) is 1.40. The molecular formula is C11H18N2O. The number of nitrogen functional groups attached to an aromatic ring is 1. The predicted molar refractivity (Wildman–Crippen MR) is 58.8 cm³/mol. The van der Waals surface area contributed by atoms with E-state index in [4.69, 9.17) is 11.5 Å². The fraction of sp³-hybridized carbons (Fsp3) is 0.455. The smallest absolute Gasteiger partial charge is 0.0960 e. The Kier molecular flexibility index (Phi) is 3.49. The Labute approximate surface area is 84.7 Å². The van der Waals surface area contributed by atoms with Crippen LogP contribution in [0.2, 0.25) is 0 Å². The van der Waals surface area contributed by atoms with Crippen LogP contribution in [0.5, 0.6) is 0 Å². The normalized spacial score (nSPS) is 15.1. The van der Waals surface area contributed by atoms with Crippen LogP contribution < -0.4 is 11.5 Å². The zero-order valence-electron chi connectivity index (χ0n) is 8.70. The lowest BCUT2D eigenvalue weighted by molar-refractivity contribution is 0.145. The van der Waals surface area contributed by atoms with Gasteiger partial charge in [-0.1, -0.05) is 24.6 Å². The van der Waals surface area contributed by atoms with E-state index in [2.05, 4.69) is 0 Å². The van der Waals surface area contributed by atoms with E-state index >= 15 is 0 Å². The molecule has 0 aliphatic carbocycles. The second-order valence-corrected chi connectivity index (χ2v) is 3.65. The van der Waals surface area contributed by atoms with Crippen molar-refractivity contribution in [1.29, 1.82) is 0 Å². The monoisotopic (exact) mass is 194 g/mol. The van der Waals surface area contributed by atoms with E-state index in [1.54, 1.807) is 6.07 Å². The zero-order valence-corrected chi connectivity index (χ0v) is 8.70. The van der Waals surface area contributed by atoms with Gasteiger partial charge in [-0.2, -0.15) is 0 Å². The molecule has 3 heteroatoms. The lowest BCUT2D eigenvalue weighted by Crippen LogP contribution is -2.27. The van der Waals surface area contributed by atoms with Crippen LogP contribution in [0.15, 0.2) is 18.2 Å². The van der Waals surface area contributed by atoms with Gasteiger partial charge in [-0.25, -0.2) is 0 Å². The molecule has 0 radical (unpaired) electrons. The molecule has 2 atom stereocenters. The maximum Gasteiger partial charge on any atom is 0.0960 e. The van der Waals surface area contributed by atoms with Gasteiger partial charge in [-0.05, 0) is 19.4 Å². The first-order valence-corrected chi connectivity index (χ1v) is 4.86. The third-order valence-corrected chi connectivity index (χ3v) is 2.44. The van der Waals surface area contributed by atoms with E-state index in [1.165, 1.54) is 0 Å². The Bertz CT molecular complexity index is 312. The summed E-state index contributed by atoms with van der Waals surface area (Å²) in [4.78, 5) is 0. The molecular weight excluding hydrogens is 176 g/mol. The van der Waals surface area contributed by atoms with Gasteiger partial charge in [0.2, 0.25) is 0 Å². The number of aliphatic hydroxyl groups is 1. The summed E-state index contributed by atoms with van der Waals surface area (Å²) in [5, 5.41) is 9.89. The molecule has 0 amide bonds. The lowest BCUT2D eigenvalue weighted by Gasteiger charge is -2.19. The molecule has 0 bridgehead atoms. The van der Waals surface area contributed by atoms with Gasteiger partial charge in [0.15, 0.2) is 0 Å².